The Bertz CT molecular complexity index is 316. The lowest BCUT2D eigenvalue weighted by Gasteiger charge is -2.15. The lowest BCUT2D eigenvalue weighted by molar-refractivity contribution is 0.478. The normalized spacial score (nSPS) is 21.7. The van der Waals surface area contributed by atoms with Crippen molar-refractivity contribution in [1.29, 1.82) is 0 Å². The first-order valence-electron chi connectivity index (χ1n) is 6.33. The summed E-state index contributed by atoms with van der Waals surface area (Å²) in [4.78, 5) is 0. The molecule has 2 rings (SSSR count). The topological polar surface area (TPSA) is 12.0 Å². The van der Waals surface area contributed by atoms with Gasteiger partial charge < -0.3 is 5.32 Å². The Kier molecular flexibility index (Phi) is 4.68. The largest absolute Gasteiger partial charge is 0.314 e. The van der Waals surface area contributed by atoms with E-state index in [0.29, 0.717) is 6.04 Å². The van der Waals surface area contributed by atoms with Crippen molar-refractivity contribution >= 4 is 11.6 Å². The predicted molar refractivity (Wildman–Crippen MR) is 70.0 cm³/mol. The Labute approximate surface area is 103 Å². The maximum atomic E-state index is 6.15. The van der Waals surface area contributed by atoms with Gasteiger partial charge in [0.15, 0.2) is 0 Å². The molecule has 1 nitrogen and oxygen atoms in total. The number of rotatable bonds is 3. The van der Waals surface area contributed by atoms with Crippen molar-refractivity contribution in [2.45, 2.75) is 44.6 Å². The van der Waals surface area contributed by atoms with Crippen molar-refractivity contribution in [3.05, 3.63) is 34.9 Å². The molecule has 0 amide bonds. The van der Waals surface area contributed by atoms with E-state index in [4.69, 9.17) is 11.6 Å². The van der Waals surface area contributed by atoms with Crippen LogP contribution in [0.2, 0.25) is 5.02 Å². The molecule has 0 saturated carbocycles. The quantitative estimate of drug-likeness (QED) is 0.843. The molecule has 1 aliphatic rings. The van der Waals surface area contributed by atoms with E-state index >= 15 is 0 Å². The smallest absolute Gasteiger partial charge is 0.0437 e. The zero-order valence-electron chi connectivity index (χ0n) is 9.71. The second-order valence-corrected chi connectivity index (χ2v) is 5.04. The highest BCUT2D eigenvalue weighted by Crippen LogP contribution is 2.19. The van der Waals surface area contributed by atoms with E-state index in [-0.39, 0.29) is 0 Å². The standard InChI is InChI=1S/C14H20ClN/c15-14-8-4-3-6-12(14)9-10-13-7-2-1-5-11-16-13/h3-4,6,8,13,16H,1-2,5,7,9-11H2. The Hall–Kier alpha value is -0.530. The molecular formula is C14H20ClN. The summed E-state index contributed by atoms with van der Waals surface area (Å²) in [5.74, 6) is 0. The number of aryl methyl sites for hydroxylation is 1. The molecule has 1 unspecified atom stereocenters. The Morgan fingerprint density at radius 1 is 1.19 bits per heavy atom. The third-order valence-corrected chi connectivity index (χ3v) is 3.75. The van der Waals surface area contributed by atoms with Crippen molar-refractivity contribution in [1.82, 2.24) is 5.32 Å². The van der Waals surface area contributed by atoms with Gasteiger partial charge in [0.25, 0.3) is 0 Å². The van der Waals surface area contributed by atoms with E-state index < -0.39 is 0 Å². The van der Waals surface area contributed by atoms with Crippen LogP contribution in [0.25, 0.3) is 0 Å². The average molecular weight is 238 g/mol. The fourth-order valence-corrected chi connectivity index (χ4v) is 2.61. The highest BCUT2D eigenvalue weighted by atomic mass is 35.5. The van der Waals surface area contributed by atoms with Crippen LogP contribution in [-0.2, 0) is 6.42 Å². The maximum absolute atomic E-state index is 6.15. The summed E-state index contributed by atoms with van der Waals surface area (Å²) in [6, 6.07) is 8.88. The van der Waals surface area contributed by atoms with Crippen LogP contribution in [0.3, 0.4) is 0 Å². The van der Waals surface area contributed by atoms with E-state index in [2.05, 4.69) is 17.4 Å². The van der Waals surface area contributed by atoms with Crippen LogP contribution in [-0.4, -0.2) is 12.6 Å². The van der Waals surface area contributed by atoms with Crippen molar-refractivity contribution in [2.75, 3.05) is 6.54 Å². The summed E-state index contributed by atoms with van der Waals surface area (Å²) < 4.78 is 0. The van der Waals surface area contributed by atoms with E-state index in [1.54, 1.807) is 0 Å². The molecule has 1 atom stereocenters. The van der Waals surface area contributed by atoms with Crippen LogP contribution >= 0.6 is 11.6 Å². The summed E-state index contributed by atoms with van der Waals surface area (Å²) >= 11 is 6.15. The van der Waals surface area contributed by atoms with Gasteiger partial charge in [-0.2, -0.15) is 0 Å². The fraction of sp³-hybridized carbons (Fsp3) is 0.571. The maximum Gasteiger partial charge on any atom is 0.0437 e. The molecule has 0 radical (unpaired) electrons. The van der Waals surface area contributed by atoms with Crippen molar-refractivity contribution in [2.24, 2.45) is 0 Å². The molecule has 88 valence electrons. The third kappa shape index (κ3) is 3.50. The van der Waals surface area contributed by atoms with Gasteiger partial charge in [-0.1, -0.05) is 42.6 Å². The van der Waals surface area contributed by atoms with Gasteiger partial charge in [-0.25, -0.2) is 0 Å². The summed E-state index contributed by atoms with van der Waals surface area (Å²) in [6.45, 7) is 1.19. The highest BCUT2D eigenvalue weighted by molar-refractivity contribution is 6.31. The van der Waals surface area contributed by atoms with E-state index in [9.17, 15) is 0 Å². The number of nitrogens with one attached hydrogen (secondary N) is 1. The molecule has 0 spiro atoms. The summed E-state index contributed by atoms with van der Waals surface area (Å²) in [6.07, 6.45) is 7.73. The molecule has 0 aromatic heterocycles. The molecule has 1 heterocycles. The molecule has 1 aliphatic heterocycles. The minimum atomic E-state index is 0.693. The second-order valence-electron chi connectivity index (χ2n) is 4.63. The molecule has 2 heteroatoms. The van der Waals surface area contributed by atoms with Crippen LogP contribution in [0.4, 0.5) is 0 Å². The summed E-state index contributed by atoms with van der Waals surface area (Å²) in [7, 11) is 0. The molecular weight excluding hydrogens is 218 g/mol. The molecule has 1 saturated heterocycles. The molecule has 0 aliphatic carbocycles. The van der Waals surface area contributed by atoms with Crippen LogP contribution in [0.1, 0.15) is 37.7 Å². The number of benzene rings is 1. The molecule has 1 aromatic rings. The Morgan fingerprint density at radius 2 is 2.06 bits per heavy atom. The van der Waals surface area contributed by atoms with Crippen LogP contribution in [0.15, 0.2) is 24.3 Å². The molecule has 1 fully saturated rings. The van der Waals surface area contributed by atoms with Crippen LogP contribution < -0.4 is 5.32 Å². The molecule has 1 N–H and O–H groups in total. The van der Waals surface area contributed by atoms with Gasteiger partial charge >= 0.3 is 0 Å². The zero-order chi connectivity index (χ0) is 11.2. The van der Waals surface area contributed by atoms with E-state index in [1.807, 2.05) is 12.1 Å². The minimum absolute atomic E-state index is 0.693. The summed E-state index contributed by atoms with van der Waals surface area (Å²) in [5.41, 5.74) is 1.29. The van der Waals surface area contributed by atoms with E-state index in [0.717, 1.165) is 11.4 Å². The second kappa shape index (κ2) is 6.27. The Balaban J connectivity index is 1.84. The van der Waals surface area contributed by atoms with Crippen LogP contribution in [0, 0.1) is 0 Å². The first kappa shape index (κ1) is 11.9. The lowest BCUT2D eigenvalue weighted by Crippen LogP contribution is -2.28. The average Bonchev–Trinajstić information content (AvgIpc) is 2.56. The zero-order valence-corrected chi connectivity index (χ0v) is 10.5. The summed E-state index contributed by atoms with van der Waals surface area (Å²) in [5, 5.41) is 4.54. The van der Waals surface area contributed by atoms with Gasteiger partial charge in [-0.15, -0.1) is 0 Å². The first-order valence-corrected chi connectivity index (χ1v) is 6.71. The van der Waals surface area contributed by atoms with Gasteiger partial charge in [0, 0.05) is 11.1 Å². The van der Waals surface area contributed by atoms with Gasteiger partial charge in [0.2, 0.25) is 0 Å². The fourth-order valence-electron chi connectivity index (χ4n) is 2.38. The molecule has 16 heavy (non-hydrogen) atoms. The minimum Gasteiger partial charge on any atom is -0.314 e. The van der Waals surface area contributed by atoms with E-state index in [1.165, 1.54) is 44.2 Å². The molecule has 1 aromatic carbocycles. The van der Waals surface area contributed by atoms with Crippen molar-refractivity contribution < 1.29 is 0 Å². The van der Waals surface area contributed by atoms with Gasteiger partial charge in [0.05, 0.1) is 0 Å². The third-order valence-electron chi connectivity index (χ3n) is 3.38. The van der Waals surface area contributed by atoms with Gasteiger partial charge in [-0.05, 0) is 43.9 Å². The van der Waals surface area contributed by atoms with Gasteiger partial charge in [0.1, 0.15) is 0 Å². The van der Waals surface area contributed by atoms with Crippen molar-refractivity contribution in [3.8, 4) is 0 Å². The van der Waals surface area contributed by atoms with Crippen LogP contribution in [0.5, 0.6) is 0 Å². The SMILES string of the molecule is Clc1ccccc1CCC1CCCCCN1. The van der Waals surface area contributed by atoms with Gasteiger partial charge in [-0.3, -0.25) is 0 Å². The Morgan fingerprint density at radius 3 is 2.94 bits per heavy atom. The first-order chi connectivity index (χ1) is 7.86. The monoisotopic (exact) mass is 237 g/mol. The highest BCUT2D eigenvalue weighted by Gasteiger charge is 2.11. The number of halogens is 1. The van der Waals surface area contributed by atoms with Crippen molar-refractivity contribution in [3.63, 3.8) is 0 Å². The number of hydrogen-bond acceptors (Lipinski definition) is 1. The lowest BCUT2D eigenvalue weighted by atomic mass is 10.0. The molecule has 0 bridgehead atoms. The number of hydrogen-bond donors (Lipinski definition) is 1. The predicted octanol–water partition coefficient (Wildman–Crippen LogP) is 3.80.